The van der Waals surface area contributed by atoms with E-state index in [9.17, 15) is 4.79 Å². The maximum atomic E-state index is 12.6. The van der Waals surface area contributed by atoms with Gasteiger partial charge in [-0.15, -0.1) is 0 Å². The first kappa shape index (κ1) is 27.3. The Morgan fingerprint density at radius 3 is 2.53 bits per heavy atom. The summed E-state index contributed by atoms with van der Waals surface area (Å²) in [5, 5.41) is 6.58. The molecule has 1 saturated heterocycles. The lowest BCUT2D eigenvalue weighted by atomic mass is 9.90. The minimum atomic E-state index is -2.00. The number of hydrogen-bond donors (Lipinski definition) is 2. The Morgan fingerprint density at radius 2 is 1.78 bits per heavy atom. The molecule has 1 fully saturated rings. The van der Waals surface area contributed by atoms with Crippen LogP contribution in [0.3, 0.4) is 0 Å². The van der Waals surface area contributed by atoms with Gasteiger partial charge in [-0.3, -0.25) is 9.69 Å². The van der Waals surface area contributed by atoms with Gasteiger partial charge in [0.2, 0.25) is 0 Å². The van der Waals surface area contributed by atoms with Crippen molar-refractivity contribution in [1.82, 2.24) is 10.2 Å². The topological polar surface area (TPSA) is 53.6 Å². The number of benzene rings is 2. The molecule has 8 heteroatoms. The molecule has 0 radical (unpaired) electrons. The summed E-state index contributed by atoms with van der Waals surface area (Å²) in [6, 6.07) is 18.7. The Morgan fingerprint density at radius 1 is 1.03 bits per heavy atom. The number of carbonyl (C=O) groups excluding carboxylic acids is 1. The fraction of sp³-hybridized carbons (Fsp3) is 0.464. The number of alkyl halides is 3. The molecule has 1 atom stereocenters. The number of amides is 1. The van der Waals surface area contributed by atoms with Crippen LogP contribution in [0.2, 0.25) is 0 Å². The van der Waals surface area contributed by atoms with Gasteiger partial charge < -0.3 is 15.4 Å². The second-order valence-electron chi connectivity index (χ2n) is 9.68. The zero-order valence-corrected chi connectivity index (χ0v) is 22.7. The van der Waals surface area contributed by atoms with E-state index >= 15 is 0 Å². The number of halogens is 3. The number of nitrogens with one attached hydrogen (secondary N) is 2. The van der Waals surface area contributed by atoms with Crippen molar-refractivity contribution < 1.29 is 9.53 Å². The minimum Gasteiger partial charge on any atom is -0.381 e. The van der Waals surface area contributed by atoms with Crippen LogP contribution in [0.4, 0.5) is 5.69 Å². The molecule has 1 heterocycles. The Hall–Kier alpha value is -1.76. The first-order chi connectivity index (χ1) is 17.3. The van der Waals surface area contributed by atoms with Crippen molar-refractivity contribution in [1.29, 1.82) is 0 Å². The molecule has 0 aromatic heterocycles. The average molecular weight is 551 g/mol. The highest BCUT2D eigenvalue weighted by Crippen LogP contribution is 2.34. The third kappa shape index (κ3) is 8.12. The Labute approximate surface area is 229 Å². The number of carbonyl (C=O) groups is 1. The summed E-state index contributed by atoms with van der Waals surface area (Å²) in [6.07, 6.45) is 6.60. The summed E-state index contributed by atoms with van der Waals surface area (Å²) in [5.41, 5.74) is 4.21. The van der Waals surface area contributed by atoms with Crippen molar-refractivity contribution in [2.24, 2.45) is 0 Å². The lowest BCUT2D eigenvalue weighted by Crippen LogP contribution is -2.51. The summed E-state index contributed by atoms with van der Waals surface area (Å²) in [5.74, 6) is -0.598. The van der Waals surface area contributed by atoms with E-state index in [-0.39, 0.29) is 0 Å². The van der Waals surface area contributed by atoms with Gasteiger partial charge in [0.1, 0.15) is 0 Å². The maximum absolute atomic E-state index is 12.6. The van der Waals surface area contributed by atoms with E-state index in [4.69, 9.17) is 39.5 Å². The van der Waals surface area contributed by atoms with E-state index in [0.717, 1.165) is 69.8 Å². The van der Waals surface area contributed by atoms with Gasteiger partial charge in [0.05, 0.1) is 18.8 Å². The first-order valence-electron chi connectivity index (χ1n) is 12.6. The molecular formula is C28H34Cl3N3O2. The van der Waals surface area contributed by atoms with Crippen LogP contribution < -0.4 is 10.6 Å². The third-order valence-electron chi connectivity index (χ3n) is 6.85. The second kappa shape index (κ2) is 12.7. The summed E-state index contributed by atoms with van der Waals surface area (Å²) >= 11 is 17.6. The fourth-order valence-corrected chi connectivity index (χ4v) is 5.12. The van der Waals surface area contributed by atoms with Gasteiger partial charge in [-0.05, 0) is 61.9 Å². The van der Waals surface area contributed by atoms with Crippen molar-refractivity contribution in [2.75, 3.05) is 44.7 Å². The van der Waals surface area contributed by atoms with Gasteiger partial charge in [-0.25, -0.2) is 0 Å². The van der Waals surface area contributed by atoms with Crippen LogP contribution in [-0.2, 0) is 22.4 Å². The van der Waals surface area contributed by atoms with E-state index < -0.39 is 15.2 Å². The molecule has 2 N–H and O–H groups in total. The van der Waals surface area contributed by atoms with Gasteiger partial charge in [0.15, 0.2) is 0 Å². The lowest BCUT2D eigenvalue weighted by Gasteiger charge is -2.30. The largest absolute Gasteiger partial charge is 0.381 e. The van der Waals surface area contributed by atoms with Crippen molar-refractivity contribution in [2.45, 2.75) is 41.4 Å². The fourth-order valence-electron chi connectivity index (χ4n) is 4.98. The monoisotopic (exact) mass is 549 g/mol. The Bertz CT molecular complexity index is 1040. The van der Waals surface area contributed by atoms with E-state index in [1.54, 1.807) is 0 Å². The van der Waals surface area contributed by atoms with Crippen LogP contribution in [0.25, 0.3) is 0 Å². The number of nitrogens with zero attached hydrogens (tertiary/aromatic N) is 1. The molecule has 5 nitrogen and oxygen atoms in total. The van der Waals surface area contributed by atoms with Gasteiger partial charge in [0.25, 0.3) is 9.70 Å². The van der Waals surface area contributed by atoms with E-state index in [0.29, 0.717) is 13.0 Å². The van der Waals surface area contributed by atoms with Gasteiger partial charge in [-0.1, -0.05) is 88.9 Å². The van der Waals surface area contributed by atoms with E-state index in [1.807, 2.05) is 18.2 Å². The molecule has 36 heavy (non-hydrogen) atoms. The standard InChI is InChI=1S/C28H34Cl3N3O2/c29-28(30,31)26(35)33-27(19-23-6-2-1-3-7-23)12-11-24(20-27)21-32-25-10-4-8-22(18-25)9-5-13-34-14-16-36-17-15-34/h1-4,6-8,10,18,20,32H,5,9,11-17,19,21H2,(H,33,35). The number of rotatable bonds is 10. The Kier molecular flexibility index (Phi) is 9.59. The highest BCUT2D eigenvalue weighted by atomic mass is 35.6. The van der Waals surface area contributed by atoms with Gasteiger partial charge >= 0.3 is 0 Å². The quantitative estimate of drug-likeness (QED) is 0.301. The highest BCUT2D eigenvalue weighted by Gasteiger charge is 2.40. The molecule has 2 aliphatic rings. The molecule has 1 aliphatic heterocycles. The smallest absolute Gasteiger partial charge is 0.272 e. The van der Waals surface area contributed by atoms with E-state index in [1.165, 1.54) is 11.1 Å². The normalized spacial score (nSPS) is 20.7. The summed E-state index contributed by atoms with van der Waals surface area (Å²) in [4.78, 5) is 15.0. The second-order valence-corrected chi connectivity index (χ2v) is 12.0. The van der Waals surface area contributed by atoms with Crippen LogP contribution in [0, 0.1) is 0 Å². The number of morpholine rings is 1. The number of ether oxygens (including phenoxy) is 1. The van der Waals surface area contributed by atoms with Crippen molar-refractivity contribution >= 4 is 46.4 Å². The minimum absolute atomic E-state index is 0.583. The van der Waals surface area contributed by atoms with Crippen LogP contribution in [0.5, 0.6) is 0 Å². The molecule has 1 aliphatic carbocycles. The zero-order chi connectivity index (χ0) is 25.4. The van der Waals surface area contributed by atoms with Crippen LogP contribution >= 0.6 is 34.8 Å². The van der Waals surface area contributed by atoms with Gasteiger partial charge in [-0.2, -0.15) is 0 Å². The highest BCUT2D eigenvalue weighted by molar-refractivity contribution is 6.76. The molecular weight excluding hydrogens is 517 g/mol. The summed E-state index contributed by atoms with van der Waals surface area (Å²) in [7, 11) is 0. The number of hydrogen-bond acceptors (Lipinski definition) is 4. The number of anilines is 1. The summed E-state index contributed by atoms with van der Waals surface area (Å²) < 4.78 is 3.43. The molecule has 1 amide bonds. The molecule has 0 saturated carbocycles. The van der Waals surface area contributed by atoms with Crippen molar-refractivity contribution in [3.8, 4) is 0 Å². The molecule has 194 valence electrons. The molecule has 0 spiro atoms. The van der Waals surface area contributed by atoms with Crippen molar-refractivity contribution in [3.63, 3.8) is 0 Å². The van der Waals surface area contributed by atoms with Crippen LogP contribution in [0.1, 0.15) is 30.4 Å². The van der Waals surface area contributed by atoms with E-state index in [2.05, 4.69) is 58.0 Å². The zero-order valence-electron chi connectivity index (χ0n) is 20.4. The summed E-state index contributed by atoms with van der Waals surface area (Å²) in [6.45, 7) is 5.57. The molecule has 4 rings (SSSR count). The molecule has 0 bridgehead atoms. The third-order valence-corrected chi connectivity index (χ3v) is 7.36. The first-order valence-corrected chi connectivity index (χ1v) is 13.7. The average Bonchev–Trinajstić information content (AvgIpc) is 3.26. The maximum Gasteiger partial charge on any atom is 0.272 e. The predicted molar refractivity (Wildman–Crippen MR) is 149 cm³/mol. The Balaban J connectivity index is 1.36. The van der Waals surface area contributed by atoms with Crippen molar-refractivity contribution in [3.05, 3.63) is 77.4 Å². The van der Waals surface area contributed by atoms with Gasteiger partial charge in [0, 0.05) is 25.3 Å². The van der Waals surface area contributed by atoms with Crippen LogP contribution in [0.15, 0.2) is 66.2 Å². The SMILES string of the molecule is O=C(NC1(Cc2ccccc2)C=C(CNc2cccc(CCCN3CCOCC3)c2)CC1)C(Cl)(Cl)Cl. The van der Waals surface area contributed by atoms with Crippen LogP contribution in [-0.4, -0.2) is 59.5 Å². The molecule has 1 unspecified atom stereocenters. The molecule has 2 aromatic carbocycles. The predicted octanol–water partition coefficient (Wildman–Crippen LogP) is 5.55. The lowest BCUT2D eigenvalue weighted by molar-refractivity contribution is -0.121. The molecule has 2 aromatic rings. The number of aryl methyl sites for hydroxylation is 1.